The fourth-order valence-electron chi connectivity index (χ4n) is 1.31. The molecule has 0 aromatic heterocycles. The number of methoxy groups -OCH3 is 1. The van der Waals surface area contributed by atoms with Gasteiger partial charge in [0.2, 0.25) is 0 Å². The monoisotopic (exact) mass is 307 g/mol. The van der Waals surface area contributed by atoms with E-state index in [4.69, 9.17) is 11.6 Å². The zero-order valence-corrected chi connectivity index (χ0v) is 11.2. The van der Waals surface area contributed by atoms with Gasteiger partial charge >= 0.3 is 12.6 Å². The van der Waals surface area contributed by atoms with E-state index in [2.05, 4.69) is 14.8 Å². The lowest BCUT2D eigenvalue weighted by Gasteiger charge is -2.10. The molecule has 1 rings (SSSR count). The number of amides is 1. The fraction of sp³-hybridized carbons (Fsp3) is 0.333. The van der Waals surface area contributed by atoms with Gasteiger partial charge in [0, 0.05) is 12.1 Å². The molecule has 1 unspecified atom stereocenters. The second-order valence-electron chi connectivity index (χ2n) is 3.61. The Balaban J connectivity index is 2.61. The van der Waals surface area contributed by atoms with Crippen molar-refractivity contribution in [1.82, 2.24) is 5.32 Å². The molecule has 0 aliphatic carbocycles. The van der Waals surface area contributed by atoms with E-state index in [9.17, 15) is 18.4 Å². The summed E-state index contributed by atoms with van der Waals surface area (Å²) in [5.74, 6) is -1.39. The van der Waals surface area contributed by atoms with Gasteiger partial charge in [-0.05, 0) is 18.2 Å². The maximum atomic E-state index is 12.0. The van der Waals surface area contributed by atoms with Crippen LogP contribution in [-0.2, 0) is 9.53 Å². The standard InChI is InChI=1S/C12H12ClF2NO4/c1-19-11(18)9(13)6-16-10(17)7-3-2-4-8(5-7)20-12(14)15/h2-5,9,12H,6H2,1H3,(H,16,17). The van der Waals surface area contributed by atoms with Crippen LogP contribution in [0.5, 0.6) is 5.75 Å². The summed E-state index contributed by atoms with van der Waals surface area (Å²) in [6.45, 7) is -3.12. The van der Waals surface area contributed by atoms with Gasteiger partial charge in [-0.2, -0.15) is 8.78 Å². The van der Waals surface area contributed by atoms with E-state index < -0.39 is 23.9 Å². The van der Waals surface area contributed by atoms with Crippen molar-refractivity contribution in [3.05, 3.63) is 29.8 Å². The predicted octanol–water partition coefficient (Wildman–Crippen LogP) is 1.80. The van der Waals surface area contributed by atoms with E-state index in [0.717, 1.165) is 6.07 Å². The molecule has 0 radical (unpaired) electrons. The molecule has 0 aliphatic heterocycles. The van der Waals surface area contributed by atoms with Crippen LogP contribution < -0.4 is 10.1 Å². The predicted molar refractivity (Wildman–Crippen MR) is 67.1 cm³/mol. The molecular formula is C12H12ClF2NO4. The first kappa shape index (κ1) is 16.2. The molecule has 8 heteroatoms. The molecule has 20 heavy (non-hydrogen) atoms. The lowest BCUT2D eigenvalue weighted by Crippen LogP contribution is -2.34. The zero-order valence-electron chi connectivity index (χ0n) is 10.4. The number of nitrogens with one attached hydrogen (secondary N) is 1. The lowest BCUT2D eigenvalue weighted by molar-refractivity contribution is -0.140. The molecule has 0 aliphatic rings. The Labute approximate surface area is 118 Å². The summed E-state index contributed by atoms with van der Waals surface area (Å²) < 4.78 is 32.6. The first-order chi connectivity index (χ1) is 9.43. The number of esters is 1. The van der Waals surface area contributed by atoms with Crippen molar-refractivity contribution in [2.24, 2.45) is 0 Å². The van der Waals surface area contributed by atoms with Crippen molar-refractivity contribution < 1.29 is 27.8 Å². The second-order valence-corrected chi connectivity index (χ2v) is 4.13. The molecule has 0 bridgehead atoms. The minimum Gasteiger partial charge on any atom is -0.468 e. The van der Waals surface area contributed by atoms with Gasteiger partial charge in [-0.25, -0.2) is 0 Å². The molecule has 1 amide bonds. The largest absolute Gasteiger partial charge is 0.468 e. The number of ether oxygens (including phenoxy) is 2. The van der Waals surface area contributed by atoms with Crippen molar-refractivity contribution in [3.8, 4) is 5.75 Å². The molecule has 110 valence electrons. The number of rotatable bonds is 6. The van der Waals surface area contributed by atoms with Gasteiger partial charge in [0.25, 0.3) is 5.91 Å². The summed E-state index contributed by atoms with van der Waals surface area (Å²) in [5.41, 5.74) is 0.108. The number of carbonyl (C=O) groups excluding carboxylic acids is 2. The average Bonchev–Trinajstić information content (AvgIpc) is 2.43. The van der Waals surface area contributed by atoms with Crippen molar-refractivity contribution in [2.75, 3.05) is 13.7 Å². The number of carbonyl (C=O) groups is 2. The van der Waals surface area contributed by atoms with Crippen LogP contribution in [-0.4, -0.2) is 37.5 Å². The topological polar surface area (TPSA) is 64.6 Å². The van der Waals surface area contributed by atoms with Crippen LogP contribution in [0.2, 0.25) is 0 Å². The molecule has 1 aromatic carbocycles. The Hall–Kier alpha value is -1.89. The average molecular weight is 308 g/mol. The summed E-state index contributed by atoms with van der Waals surface area (Å²) in [7, 11) is 1.17. The van der Waals surface area contributed by atoms with Gasteiger partial charge in [0.15, 0.2) is 0 Å². The quantitative estimate of drug-likeness (QED) is 0.643. The molecule has 0 spiro atoms. The Kier molecular flexibility index (Phi) is 6.17. The number of alkyl halides is 3. The Morgan fingerprint density at radius 2 is 2.10 bits per heavy atom. The van der Waals surface area contributed by atoms with Crippen LogP contribution in [0.3, 0.4) is 0 Å². The van der Waals surface area contributed by atoms with Gasteiger partial charge in [-0.3, -0.25) is 9.59 Å². The number of hydrogen-bond donors (Lipinski definition) is 1. The van der Waals surface area contributed by atoms with Crippen LogP contribution in [0.25, 0.3) is 0 Å². The van der Waals surface area contributed by atoms with Crippen LogP contribution in [0.4, 0.5) is 8.78 Å². The highest BCUT2D eigenvalue weighted by molar-refractivity contribution is 6.30. The van der Waals surface area contributed by atoms with Gasteiger partial charge in [-0.1, -0.05) is 6.07 Å². The van der Waals surface area contributed by atoms with Crippen molar-refractivity contribution >= 4 is 23.5 Å². The Morgan fingerprint density at radius 3 is 2.70 bits per heavy atom. The van der Waals surface area contributed by atoms with E-state index in [1.807, 2.05) is 0 Å². The fourth-order valence-corrected chi connectivity index (χ4v) is 1.48. The van der Waals surface area contributed by atoms with Crippen LogP contribution in [0.1, 0.15) is 10.4 Å². The third kappa shape index (κ3) is 5.00. The van der Waals surface area contributed by atoms with Crippen molar-refractivity contribution in [3.63, 3.8) is 0 Å². The number of halogens is 3. The Bertz CT molecular complexity index is 484. The third-order valence-corrected chi connectivity index (χ3v) is 2.55. The molecular weight excluding hydrogens is 296 g/mol. The van der Waals surface area contributed by atoms with Gasteiger partial charge in [-0.15, -0.1) is 11.6 Å². The molecule has 1 N–H and O–H groups in total. The normalized spacial score (nSPS) is 11.8. The van der Waals surface area contributed by atoms with Crippen LogP contribution in [0.15, 0.2) is 24.3 Å². The van der Waals surface area contributed by atoms with Crippen LogP contribution in [0, 0.1) is 0 Å². The molecule has 0 heterocycles. The minimum absolute atomic E-state index is 0.108. The highest BCUT2D eigenvalue weighted by atomic mass is 35.5. The second kappa shape index (κ2) is 7.64. The summed E-state index contributed by atoms with van der Waals surface area (Å²) in [6.07, 6.45) is 0. The summed E-state index contributed by atoms with van der Waals surface area (Å²) in [5, 5.41) is 1.36. The van der Waals surface area contributed by atoms with Gasteiger partial charge in [0.05, 0.1) is 7.11 Å². The number of benzene rings is 1. The summed E-state index contributed by atoms with van der Waals surface area (Å²) in [6, 6.07) is 5.25. The molecule has 5 nitrogen and oxygen atoms in total. The van der Waals surface area contributed by atoms with E-state index in [1.54, 1.807) is 0 Å². The molecule has 0 saturated carbocycles. The number of hydrogen-bond acceptors (Lipinski definition) is 4. The summed E-state index contributed by atoms with van der Waals surface area (Å²) >= 11 is 5.65. The minimum atomic E-state index is -2.97. The maximum Gasteiger partial charge on any atom is 0.387 e. The zero-order chi connectivity index (χ0) is 15.1. The van der Waals surface area contributed by atoms with Crippen LogP contribution >= 0.6 is 11.6 Å². The highest BCUT2D eigenvalue weighted by Gasteiger charge is 2.17. The first-order valence-corrected chi connectivity index (χ1v) is 5.92. The van der Waals surface area contributed by atoms with Crippen molar-refractivity contribution in [2.45, 2.75) is 12.0 Å². The van der Waals surface area contributed by atoms with E-state index in [0.29, 0.717) is 0 Å². The van der Waals surface area contributed by atoms with Gasteiger partial charge < -0.3 is 14.8 Å². The highest BCUT2D eigenvalue weighted by Crippen LogP contribution is 2.15. The molecule has 0 fully saturated rings. The van der Waals surface area contributed by atoms with E-state index >= 15 is 0 Å². The van der Waals surface area contributed by atoms with Gasteiger partial charge in [0.1, 0.15) is 11.1 Å². The molecule has 0 saturated heterocycles. The first-order valence-electron chi connectivity index (χ1n) is 5.49. The molecule has 1 aromatic rings. The van der Waals surface area contributed by atoms with E-state index in [1.165, 1.54) is 25.3 Å². The smallest absolute Gasteiger partial charge is 0.387 e. The molecule has 1 atom stereocenters. The third-order valence-electron chi connectivity index (χ3n) is 2.22. The summed E-state index contributed by atoms with van der Waals surface area (Å²) in [4.78, 5) is 22.8. The van der Waals surface area contributed by atoms with E-state index in [-0.39, 0.29) is 17.9 Å². The SMILES string of the molecule is COC(=O)C(Cl)CNC(=O)c1cccc(OC(F)F)c1. The lowest BCUT2D eigenvalue weighted by atomic mass is 10.2. The van der Waals surface area contributed by atoms with Crippen molar-refractivity contribution in [1.29, 1.82) is 0 Å². The Morgan fingerprint density at radius 1 is 1.40 bits per heavy atom. The maximum absolute atomic E-state index is 12.0.